The number of nitrogens with one attached hydrogen (secondary N) is 1. The van der Waals surface area contributed by atoms with Gasteiger partial charge in [0.2, 0.25) is 0 Å². The fraction of sp³-hybridized carbons (Fsp3) is 0.500. The largest absolute Gasteiger partial charge is 0.317 e. The Balaban J connectivity index is 1.82. The topological polar surface area (TPSA) is 29.1 Å². The molecule has 1 N–H and O–H groups in total. The van der Waals surface area contributed by atoms with Crippen LogP contribution in [-0.4, -0.2) is 18.9 Å². The SMILES string of the molecule is O=C(Cc1ccc(Cl)cc1)CC1CCNCC1. The second-order valence-corrected chi connectivity index (χ2v) is 5.18. The second kappa shape index (κ2) is 6.18. The Morgan fingerprint density at radius 2 is 1.88 bits per heavy atom. The van der Waals surface area contributed by atoms with Gasteiger partial charge in [0.1, 0.15) is 5.78 Å². The Kier molecular flexibility index (Phi) is 4.57. The summed E-state index contributed by atoms with van der Waals surface area (Å²) in [6.07, 6.45) is 3.53. The van der Waals surface area contributed by atoms with Gasteiger partial charge >= 0.3 is 0 Å². The zero-order valence-corrected chi connectivity index (χ0v) is 10.7. The van der Waals surface area contributed by atoms with Crippen molar-refractivity contribution < 1.29 is 4.79 Å². The van der Waals surface area contributed by atoms with E-state index in [1.165, 1.54) is 0 Å². The summed E-state index contributed by atoms with van der Waals surface area (Å²) in [6.45, 7) is 2.11. The van der Waals surface area contributed by atoms with Crippen LogP contribution < -0.4 is 5.32 Å². The third-order valence-electron chi connectivity index (χ3n) is 3.29. The van der Waals surface area contributed by atoms with Crippen LogP contribution in [0.1, 0.15) is 24.8 Å². The van der Waals surface area contributed by atoms with E-state index in [2.05, 4.69) is 5.32 Å². The Bertz CT molecular complexity index is 368. The molecule has 2 nitrogen and oxygen atoms in total. The average Bonchev–Trinajstić information content (AvgIpc) is 2.33. The maximum Gasteiger partial charge on any atom is 0.137 e. The van der Waals surface area contributed by atoms with Crippen molar-refractivity contribution in [2.75, 3.05) is 13.1 Å². The predicted molar refractivity (Wildman–Crippen MR) is 70.4 cm³/mol. The molecule has 0 spiro atoms. The van der Waals surface area contributed by atoms with Crippen molar-refractivity contribution in [3.63, 3.8) is 0 Å². The number of hydrogen-bond acceptors (Lipinski definition) is 2. The van der Waals surface area contributed by atoms with Crippen molar-refractivity contribution in [3.05, 3.63) is 34.9 Å². The molecule has 0 aliphatic carbocycles. The number of rotatable bonds is 4. The van der Waals surface area contributed by atoms with Gasteiger partial charge in [0, 0.05) is 17.9 Å². The van der Waals surface area contributed by atoms with Gasteiger partial charge in [0.05, 0.1) is 0 Å². The van der Waals surface area contributed by atoms with E-state index in [0.717, 1.165) is 42.9 Å². The lowest BCUT2D eigenvalue weighted by Gasteiger charge is -2.21. The van der Waals surface area contributed by atoms with Crippen molar-refractivity contribution in [2.24, 2.45) is 5.92 Å². The van der Waals surface area contributed by atoms with Gasteiger partial charge < -0.3 is 5.32 Å². The molecule has 1 fully saturated rings. The van der Waals surface area contributed by atoms with Gasteiger partial charge in [-0.2, -0.15) is 0 Å². The van der Waals surface area contributed by atoms with E-state index < -0.39 is 0 Å². The van der Waals surface area contributed by atoms with E-state index in [9.17, 15) is 4.79 Å². The molecule has 0 unspecified atom stereocenters. The summed E-state index contributed by atoms with van der Waals surface area (Å²) in [5.41, 5.74) is 1.06. The van der Waals surface area contributed by atoms with Gasteiger partial charge in [-0.15, -0.1) is 0 Å². The zero-order chi connectivity index (χ0) is 12.1. The first-order chi connectivity index (χ1) is 8.24. The molecule has 17 heavy (non-hydrogen) atoms. The molecule has 0 bridgehead atoms. The molecule has 0 amide bonds. The number of hydrogen-bond donors (Lipinski definition) is 1. The van der Waals surface area contributed by atoms with Gasteiger partial charge in [-0.1, -0.05) is 23.7 Å². The Hall–Kier alpha value is -0.860. The minimum absolute atomic E-state index is 0.347. The number of carbonyl (C=O) groups excluding carboxylic acids is 1. The van der Waals surface area contributed by atoms with Crippen LogP contribution in [0.3, 0.4) is 0 Å². The van der Waals surface area contributed by atoms with Gasteiger partial charge in [-0.25, -0.2) is 0 Å². The van der Waals surface area contributed by atoms with Crippen molar-refractivity contribution in [3.8, 4) is 0 Å². The van der Waals surface area contributed by atoms with Crippen LogP contribution in [0.5, 0.6) is 0 Å². The smallest absolute Gasteiger partial charge is 0.137 e. The van der Waals surface area contributed by atoms with Crippen LogP contribution in [0.15, 0.2) is 24.3 Å². The van der Waals surface area contributed by atoms with E-state index in [0.29, 0.717) is 18.1 Å². The summed E-state index contributed by atoms with van der Waals surface area (Å²) in [7, 11) is 0. The van der Waals surface area contributed by atoms with Crippen molar-refractivity contribution >= 4 is 17.4 Å². The summed E-state index contributed by atoms with van der Waals surface area (Å²) in [5.74, 6) is 0.926. The van der Waals surface area contributed by atoms with Crippen LogP contribution in [0.4, 0.5) is 0 Å². The van der Waals surface area contributed by atoms with Crippen LogP contribution >= 0.6 is 11.6 Å². The summed E-state index contributed by atoms with van der Waals surface area (Å²) in [4.78, 5) is 11.9. The highest BCUT2D eigenvalue weighted by molar-refractivity contribution is 6.30. The first kappa shape index (κ1) is 12.6. The number of benzene rings is 1. The summed E-state index contributed by atoms with van der Waals surface area (Å²) >= 11 is 5.81. The van der Waals surface area contributed by atoms with Crippen LogP contribution in [-0.2, 0) is 11.2 Å². The molecule has 0 radical (unpaired) electrons. The first-order valence-corrected chi connectivity index (χ1v) is 6.58. The molecule has 92 valence electrons. The van der Waals surface area contributed by atoms with Gasteiger partial charge in [0.15, 0.2) is 0 Å². The highest BCUT2D eigenvalue weighted by Crippen LogP contribution is 2.18. The molecule has 0 aromatic heterocycles. The van der Waals surface area contributed by atoms with E-state index in [1.807, 2.05) is 24.3 Å². The minimum atomic E-state index is 0.347. The van der Waals surface area contributed by atoms with E-state index in [-0.39, 0.29) is 0 Å². The van der Waals surface area contributed by atoms with Gasteiger partial charge in [-0.05, 0) is 49.5 Å². The molecular weight excluding hydrogens is 234 g/mol. The molecular formula is C14H18ClNO. The van der Waals surface area contributed by atoms with Crippen molar-refractivity contribution in [2.45, 2.75) is 25.7 Å². The molecule has 0 atom stereocenters. The second-order valence-electron chi connectivity index (χ2n) is 4.74. The van der Waals surface area contributed by atoms with Gasteiger partial charge in [0.25, 0.3) is 0 Å². The lowest BCUT2D eigenvalue weighted by Crippen LogP contribution is -2.29. The van der Waals surface area contributed by atoms with Gasteiger partial charge in [-0.3, -0.25) is 4.79 Å². The molecule has 1 aromatic carbocycles. The van der Waals surface area contributed by atoms with Crippen molar-refractivity contribution in [1.82, 2.24) is 5.32 Å². The molecule has 1 aromatic rings. The fourth-order valence-corrected chi connectivity index (χ4v) is 2.44. The Morgan fingerprint density at radius 3 is 2.53 bits per heavy atom. The third-order valence-corrected chi connectivity index (χ3v) is 3.54. The van der Waals surface area contributed by atoms with Crippen molar-refractivity contribution in [1.29, 1.82) is 0 Å². The average molecular weight is 252 g/mol. The summed E-state index contributed by atoms with van der Waals surface area (Å²) in [6, 6.07) is 7.55. The minimum Gasteiger partial charge on any atom is -0.317 e. The maximum atomic E-state index is 11.9. The quantitative estimate of drug-likeness (QED) is 0.892. The highest BCUT2D eigenvalue weighted by Gasteiger charge is 2.16. The number of carbonyl (C=O) groups is 1. The first-order valence-electron chi connectivity index (χ1n) is 6.21. The molecule has 1 saturated heterocycles. The number of piperidine rings is 1. The number of Topliss-reactive ketones (excluding diaryl/α,β-unsaturated/α-hetero) is 1. The fourth-order valence-electron chi connectivity index (χ4n) is 2.31. The maximum absolute atomic E-state index is 11.9. The monoisotopic (exact) mass is 251 g/mol. The third kappa shape index (κ3) is 4.14. The van der Waals surface area contributed by atoms with Crippen LogP contribution in [0.2, 0.25) is 5.02 Å². The number of ketones is 1. The Labute approximate surface area is 107 Å². The van der Waals surface area contributed by atoms with E-state index in [4.69, 9.17) is 11.6 Å². The zero-order valence-electron chi connectivity index (χ0n) is 9.92. The lowest BCUT2D eigenvalue weighted by atomic mass is 9.91. The summed E-state index contributed by atoms with van der Waals surface area (Å²) < 4.78 is 0. The van der Waals surface area contributed by atoms with Crippen LogP contribution in [0, 0.1) is 5.92 Å². The molecule has 2 rings (SSSR count). The molecule has 3 heteroatoms. The van der Waals surface area contributed by atoms with E-state index >= 15 is 0 Å². The molecule has 0 saturated carbocycles. The molecule has 1 aliphatic rings. The predicted octanol–water partition coefficient (Wildman–Crippen LogP) is 2.84. The van der Waals surface area contributed by atoms with E-state index in [1.54, 1.807) is 0 Å². The van der Waals surface area contributed by atoms with Crippen LogP contribution in [0.25, 0.3) is 0 Å². The highest BCUT2D eigenvalue weighted by atomic mass is 35.5. The summed E-state index contributed by atoms with van der Waals surface area (Å²) in [5, 5.41) is 4.04. The molecule has 1 aliphatic heterocycles. The lowest BCUT2D eigenvalue weighted by molar-refractivity contribution is -0.119. The number of halogens is 1. The molecule has 1 heterocycles. The normalized spacial score (nSPS) is 17.0. The standard InChI is InChI=1S/C14H18ClNO/c15-13-3-1-11(2-4-13)9-14(17)10-12-5-7-16-8-6-12/h1-4,12,16H,5-10H2. The Morgan fingerprint density at radius 1 is 1.24 bits per heavy atom.